The van der Waals surface area contributed by atoms with Gasteiger partial charge in [-0.3, -0.25) is 9.58 Å². The first-order chi connectivity index (χ1) is 24.4. The number of ether oxygens (including phenoxy) is 4. The lowest BCUT2D eigenvalue weighted by Gasteiger charge is -2.43. The molecule has 5 heterocycles. The van der Waals surface area contributed by atoms with E-state index in [-0.39, 0.29) is 12.2 Å². The number of halogens is 1. The molecular weight excluding hydrogens is 660 g/mol. The first-order valence-electron chi connectivity index (χ1n) is 17.8. The van der Waals surface area contributed by atoms with E-state index in [0.717, 1.165) is 49.3 Å². The maximum absolute atomic E-state index is 6.48. The molecule has 1 N–H and O–H groups in total. The molecule has 0 spiro atoms. The number of anilines is 2. The van der Waals surface area contributed by atoms with Gasteiger partial charge in [-0.15, -0.1) is 10.2 Å². The maximum Gasteiger partial charge on any atom is 0.256 e. The molecule has 3 atom stereocenters. The smallest absolute Gasteiger partial charge is 0.256 e. The predicted molar refractivity (Wildman–Crippen MR) is 188 cm³/mol. The quantitative estimate of drug-likeness (QED) is 0.151. The van der Waals surface area contributed by atoms with Crippen LogP contribution in [0.1, 0.15) is 71.8 Å². The van der Waals surface area contributed by atoms with Crippen molar-refractivity contribution < 1.29 is 18.9 Å². The highest BCUT2D eigenvalue weighted by atomic mass is 35.5. The van der Waals surface area contributed by atoms with Crippen LogP contribution in [0, 0.1) is 0 Å². The Hall–Kier alpha value is -3.85. The van der Waals surface area contributed by atoms with E-state index >= 15 is 0 Å². The van der Waals surface area contributed by atoms with E-state index in [2.05, 4.69) is 40.4 Å². The Labute approximate surface area is 297 Å². The summed E-state index contributed by atoms with van der Waals surface area (Å²) in [7, 11) is 0. The molecule has 2 saturated heterocycles. The van der Waals surface area contributed by atoms with E-state index < -0.39 is 0 Å². The van der Waals surface area contributed by atoms with Crippen molar-refractivity contribution in [3.05, 3.63) is 48.1 Å². The van der Waals surface area contributed by atoms with Crippen LogP contribution in [0.4, 0.5) is 11.6 Å². The van der Waals surface area contributed by atoms with Gasteiger partial charge in [0.15, 0.2) is 0 Å². The summed E-state index contributed by atoms with van der Waals surface area (Å²) in [6, 6.07) is 7.75. The van der Waals surface area contributed by atoms with Crippen molar-refractivity contribution >= 4 is 23.2 Å². The summed E-state index contributed by atoms with van der Waals surface area (Å²) in [5, 5.41) is 20.1. The molecule has 0 radical (unpaired) electrons. The fraction of sp³-hybridized carbons (Fsp3) is 0.600. The molecule has 268 valence electrons. The van der Waals surface area contributed by atoms with Gasteiger partial charge in [0.25, 0.3) is 5.88 Å². The lowest BCUT2D eigenvalue weighted by atomic mass is 9.89. The Morgan fingerprint density at radius 1 is 0.940 bits per heavy atom. The van der Waals surface area contributed by atoms with Crippen molar-refractivity contribution in [3.63, 3.8) is 0 Å². The number of nitrogens with zero attached hydrogens (tertiary/aromatic N) is 9. The summed E-state index contributed by atoms with van der Waals surface area (Å²) in [4.78, 5) is 12.1. The second kappa shape index (κ2) is 16.0. The Kier molecular flexibility index (Phi) is 11.1. The second-order valence-electron chi connectivity index (χ2n) is 13.8. The molecule has 0 amide bonds. The third-order valence-corrected chi connectivity index (χ3v) is 10.1. The van der Waals surface area contributed by atoms with Gasteiger partial charge in [0.1, 0.15) is 23.9 Å². The average Bonchev–Trinajstić information content (AvgIpc) is 3.84. The minimum atomic E-state index is -0.205. The van der Waals surface area contributed by atoms with Gasteiger partial charge in [-0.2, -0.15) is 0 Å². The third kappa shape index (κ3) is 8.36. The Bertz CT molecular complexity index is 1650. The number of hydrogen-bond acceptors (Lipinski definition) is 12. The van der Waals surface area contributed by atoms with Gasteiger partial charge in [-0.1, -0.05) is 17.7 Å². The summed E-state index contributed by atoms with van der Waals surface area (Å²) in [5.74, 6) is 1.56. The van der Waals surface area contributed by atoms with Gasteiger partial charge in [0, 0.05) is 42.5 Å². The number of fused-ring (bicyclic) bond motifs is 2. The van der Waals surface area contributed by atoms with Crippen LogP contribution < -0.4 is 14.8 Å². The molecule has 4 aromatic rings. The van der Waals surface area contributed by atoms with Gasteiger partial charge in [0.2, 0.25) is 5.95 Å². The maximum atomic E-state index is 6.48. The highest BCUT2D eigenvalue weighted by Crippen LogP contribution is 2.39. The molecule has 1 aliphatic carbocycles. The van der Waals surface area contributed by atoms with Crippen LogP contribution in [0.15, 0.2) is 43.1 Å². The molecule has 2 aliphatic heterocycles. The zero-order chi connectivity index (χ0) is 34.5. The van der Waals surface area contributed by atoms with E-state index in [4.69, 9.17) is 35.6 Å². The topological polar surface area (TPSA) is 139 Å². The standard InChI is InChI=1S/C35H47ClN10O4/c1-23(2)48-13-4-14-49-34-32(19-45(41-34)27-6-8-28(9-7-27)46-29-10-11-30(46)21-47-20-29)40-35-37-16-26(17-38-35)25-5-12-31(36)33(15-25)50-24(3)18-44-22-39-42-43-44/h5,12,15-17,19,22-24,27-30H,4,6-11,13-14,18,20-21H2,1-3H3,(H,37,38,40)/t24-,27-,28-,29-,30+/m0/s1. The van der Waals surface area contributed by atoms with Crippen LogP contribution in [-0.2, 0) is 16.0 Å². The lowest BCUT2D eigenvalue weighted by Crippen LogP contribution is -2.52. The molecule has 15 heteroatoms. The van der Waals surface area contributed by atoms with Gasteiger partial charge in [0.05, 0.1) is 56.3 Å². The number of rotatable bonds is 15. The minimum absolute atomic E-state index is 0.188. The van der Waals surface area contributed by atoms with Gasteiger partial charge >= 0.3 is 0 Å². The molecule has 3 fully saturated rings. The van der Waals surface area contributed by atoms with Crippen molar-refractivity contribution in [2.75, 3.05) is 31.7 Å². The molecular formula is C35H47ClN10O4. The van der Waals surface area contributed by atoms with Crippen LogP contribution >= 0.6 is 11.6 Å². The average molecular weight is 707 g/mol. The van der Waals surface area contributed by atoms with Crippen LogP contribution in [0.2, 0.25) is 5.02 Å². The van der Waals surface area contributed by atoms with E-state index in [0.29, 0.717) is 66.5 Å². The van der Waals surface area contributed by atoms with Crippen LogP contribution in [0.3, 0.4) is 0 Å². The van der Waals surface area contributed by atoms with E-state index in [1.807, 2.05) is 45.2 Å². The Morgan fingerprint density at radius 2 is 1.68 bits per heavy atom. The number of hydrogen-bond donors (Lipinski definition) is 1. The van der Waals surface area contributed by atoms with Crippen molar-refractivity contribution in [1.29, 1.82) is 0 Å². The van der Waals surface area contributed by atoms with Crippen molar-refractivity contribution in [1.82, 2.24) is 44.9 Å². The molecule has 2 bridgehead atoms. The van der Waals surface area contributed by atoms with Crippen molar-refractivity contribution in [2.45, 2.75) is 109 Å². The van der Waals surface area contributed by atoms with E-state index in [1.54, 1.807) is 23.4 Å². The highest BCUT2D eigenvalue weighted by Gasteiger charge is 2.42. The number of tetrazole rings is 1. The van der Waals surface area contributed by atoms with E-state index in [1.165, 1.54) is 25.7 Å². The fourth-order valence-corrected chi connectivity index (χ4v) is 7.56. The molecule has 1 saturated carbocycles. The number of aromatic nitrogens is 8. The van der Waals surface area contributed by atoms with Gasteiger partial charge in [-0.05, 0) is 87.4 Å². The number of benzene rings is 1. The Morgan fingerprint density at radius 3 is 2.40 bits per heavy atom. The van der Waals surface area contributed by atoms with Crippen LogP contribution in [0.5, 0.6) is 11.6 Å². The molecule has 1 aromatic carbocycles. The van der Waals surface area contributed by atoms with E-state index in [9.17, 15) is 0 Å². The predicted octanol–water partition coefficient (Wildman–Crippen LogP) is 5.73. The molecule has 0 unspecified atom stereocenters. The molecule has 3 aliphatic rings. The zero-order valence-corrected chi connectivity index (χ0v) is 29.8. The largest absolute Gasteiger partial charge is 0.487 e. The summed E-state index contributed by atoms with van der Waals surface area (Å²) in [5.41, 5.74) is 2.45. The summed E-state index contributed by atoms with van der Waals surface area (Å²) < 4.78 is 27.6. The number of nitrogens with one attached hydrogen (secondary N) is 1. The SMILES string of the molecule is CC(C)OCCCOc1nn([C@H]2CC[C@H](N3[C@@H]4CC[C@H]3COC4)CC2)cc1Nc1ncc(-c2ccc(Cl)c(O[C@@H](C)Cn3cnnn3)c2)cn1. The van der Waals surface area contributed by atoms with Crippen molar-refractivity contribution in [3.8, 4) is 22.8 Å². The monoisotopic (exact) mass is 706 g/mol. The zero-order valence-electron chi connectivity index (χ0n) is 29.0. The Balaban J connectivity index is 1.01. The first-order valence-corrected chi connectivity index (χ1v) is 18.2. The molecule has 7 rings (SSSR count). The highest BCUT2D eigenvalue weighted by molar-refractivity contribution is 6.32. The van der Waals surface area contributed by atoms with Crippen molar-refractivity contribution in [2.24, 2.45) is 0 Å². The first kappa shape index (κ1) is 34.6. The third-order valence-electron chi connectivity index (χ3n) is 9.76. The van der Waals surface area contributed by atoms with Crippen LogP contribution in [-0.4, -0.2) is 102 Å². The van der Waals surface area contributed by atoms with Crippen LogP contribution in [0.25, 0.3) is 11.1 Å². The lowest BCUT2D eigenvalue weighted by molar-refractivity contribution is -0.0458. The van der Waals surface area contributed by atoms with Gasteiger partial charge < -0.3 is 24.3 Å². The minimum Gasteiger partial charge on any atom is -0.487 e. The molecule has 3 aromatic heterocycles. The van der Waals surface area contributed by atoms with Gasteiger partial charge in [-0.25, -0.2) is 14.6 Å². The molecule has 50 heavy (non-hydrogen) atoms. The summed E-state index contributed by atoms with van der Waals surface area (Å²) >= 11 is 6.48. The molecule has 14 nitrogen and oxygen atoms in total. The summed E-state index contributed by atoms with van der Waals surface area (Å²) in [6.07, 6.45) is 14.9. The number of morpholine rings is 1. The second-order valence-corrected chi connectivity index (χ2v) is 14.2. The summed E-state index contributed by atoms with van der Waals surface area (Å²) in [6.45, 7) is 9.40. The normalized spacial score (nSPS) is 22.9. The fourth-order valence-electron chi connectivity index (χ4n) is 7.40.